The number of fused-ring (bicyclic) bond motifs is 6. The standard InChI is InChI=1S/C54H41N5/c1-35-31-36(2)54(3)47(32-35)46-34-41(40-25-29-49-45(33-40)44-21-13-14-22-48(44)58(49)42-19-11-6-12-20-42)26-30-50(46)59(54)43-27-23-39(24-28-43)53-56-51(37-15-7-4-8-16-37)55-52(57-53)38-17-9-5-10-18-38/h4-34,47H,1-3H3. The molecule has 0 fully saturated rings. The maximum Gasteiger partial charge on any atom is 0.164 e. The summed E-state index contributed by atoms with van der Waals surface area (Å²) in [6, 6.07) is 62.5. The minimum absolute atomic E-state index is 0.177. The van der Waals surface area contributed by atoms with Gasteiger partial charge in [0.1, 0.15) is 0 Å². The van der Waals surface area contributed by atoms with Crippen LogP contribution in [-0.2, 0) is 0 Å². The van der Waals surface area contributed by atoms with Crippen molar-refractivity contribution in [2.75, 3.05) is 4.90 Å². The minimum atomic E-state index is -0.289. The number of allylic oxidation sites excluding steroid dienone is 2. The number of anilines is 2. The summed E-state index contributed by atoms with van der Waals surface area (Å²) in [6.07, 6.45) is 4.81. The number of rotatable bonds is 6. The fraction of sp³-hybridized carbons (Fsp3) is 0.0926. The van der Waals surface area contributed by atoms with E-state index in [1.807, 2.05) is 60.7 Å². The predicted octanol–water partition coefficient (Wildman–Crippen LogP) is 13.5. The molecule has 2 atom stereocenters. The Morgan fingerprint density at radius 3 is 1.66 bits per heavy atom. The van der Waals surface area contributed by atoms with Crippen molar-refractivity contribution in [3.63, 3.8) is 0 Å². The van der Waals surface area contributed by atoms with Gasteiger partial charge in [0.25, 0.3) is 0 Å². The fourth-order valence-electron chi connectivity index (χ4n) is 9.46. The quantitative estimate of drug-likeness (QED) is 0.169. The molecule has 282 valence electrons. The average Bonchev–Trinajstić information content (AvgIpc) is 3.76. The van der Waals surface area contributed by atoms with Gasteiger partial charge in [-0.2, -0.15) is 0 Å². The maximum absolute atomic E-state index is 5.00. The Balaban J connectivity index is 1.00. The number of benzene rings is 7. The first-order chi connectivity index (χ1) is 28.9. The predicted molar refractivity (Wildman–Crippen MR) is 243 cm³/mol. The zero-order valence-electron chi connectivity index (χ0n) is 33.2. The Morgan fingerprint density at radius 1 is 0.475 bits per heavy atom. The molecule has 0 radical (unpaired) electrons. The molecule has 0 saturated carbocycles. The summed E-state index contributed by atoms with van der Waals surface area (Å²) in [4.78, 5) is 17.4. The van der Waals surface area contributed by atoms with E-state index in [0.29, 0.717) is 17.5 Å². The minimum Gasteiger partial charge on any atom is -0.331 e. The summed E-state index contributed by atoms with van der Waals surface area (Å²) in [5, 5.41) is 2.51. The van der Waals surface area contributed by atoms with E-state index >= 15 is 0 Å². The number of aromatic nitrogens is 4. The van der Waals surface area contributed by atoms with Crippen molar-refractivity contribution in [2.24, 2.45) is 0 Å². The lowest BCUT2D eigenvalue weighted by Gasteiger charge is -2.43. The molecule has 2 unspecified atom stereocenters. The third kappa shape index (κ3) is 5.65. The SMILES string of the molecule is CC1=CC2c3cc(-c4ccc5c(c4)c4ccccc4n5-c4ccccc4)ccc3N(c3ccc(-c4nc(-c5ccccc5)nc(-c5ccccc5)n4)cc3)C2(C)C(C)=C1. The van der Waals surface area contributed by atoms with Crippen LogP contribution in [0.15, 0.2) is 199 Å². The molecule has 9 aromatic rings. The Labute approximate surface area is 344 Å². The molecule has 3 heterocycles. The molecule has 1 aliphatic carbocycles. The summed E-state index contributed by atoms with van der Waals surface area (Å²) in [5.41, 5.74) is 14.9. The van der Waals surface area contributed by atoms with Gasteiger partial charge in [0.15, 0.2) is 17.5 Å². The van der Waals surface area contributed by atoms with Crippen molar-refractivity contribution < 1.29 is 0 Å². The third-order valence-corrected chi connectivity index (χ3v) is 12.4. The van der Waals surface area contributed by atoms with E-state index in [2.05, 4.69) is 158 Å². The molecular weight excluding hydrogens is 719 g/mol. The van der Waals surface area contributed by atoms with Crippen LogP contribution in [0.25, 0.3) is 72.8 Å². The molecule has 0 saturated heterocycles. The van der Waals surface area contributed by atoms with E-state index in [1.54, 1.807) is 0 Å². The number of nitrogens with zero attached hydrogens (tertiary/aromatic N) is 5. The van der Waals surface area contributed by atoms with Crippen molar-refractivity contribution in [3.8, 4) is 51.0 Å². The van der Waals surface area contributed by atoms with Crippen molar-refractivity contribution in [1.29, 1.82) is 0 Å². The van der Waals surface area contributed by atoms with Crippen molar-refractivity contribution >= 4 is 33.2 Å². The van der Waals surface area contributed by atoms with Crippen LogP contribution >= 0.6 is 0 Å². The zero-order chi connectivity index (χ0) is 39.7. The van der Waals surface area contributed by atoms with Gasteiger partial charge in [-0.3, -0.25) is 0 Å². The Hall–Kier alpha value is -7.37. The van der Waals surface area contributed by atoms with Crippen LogP contribution in [0, 0.1) is 0 Å². The monoisotopic (exact) mass is 759 g/mol. The highest BCUT2D eigenvalue weighted by Crippen LogP contribution is 2.57. The lowest BCUT2D eigenvalue weighted by Crippen LogP contribution is -2.45. The van der Waals surface area contributed by atoms with E-state index in [4.69, 9.17) is 15.0 Å². The van der Waals surface area contributed by atoms with Crippen LogP contribution in [0.4, 0.5) is 11.4 Å². The van der Waals surface area contributed by atoms with Crippen LogP contribution in [0.3, 0.4) is 0 Å². The highest BCUT2D eigenvalue weighted by atomic mass is 15.2. The second-order valence-electron chi connectivity index (χ2n) is 16.0. The average molecular weight is 760 g/mol. The van der Waals surface area contributed by atoms with Gasteiger partial charge < -0.3 is 9.47 Å². The smallest absolute Gasteiger partial charge is 0.164 e. The first kappa shape index (κ1) is 34.8. The van der Waals surface area contributed by atoms with Crippen LogP contribution < -0.4 is 4.90 Å². The first-order valence-corrected chi connectivity index (χ1v) is 20.3. The van der Waals surface area contributed by atoms with E-state index in [0.717, 1.165) is 22.4 Å². The van der Waals surface area contributed by atoms with Gasteiger partial charge in [-0.1, -0.05) is 127 Å². The number of hydrogen-bond acceptors (Lipinski definition) is 4. The van der Waals surface area contributed by atoms with Gasteiger partial charge in [0.2, 0.25) is 0 Å². The van der Waals surface area contributed by atoms with Crippen molar-refractivity contribution in [3.05, 3.63) is 205 Å². The second-order valence-corrected chi connectivity index (χ2v) is 16.0. The third-order valence-electron chi connectivity index (χ3n) is 12.4. The molecule has 2 aliphatic rings. The van der Waals surface area contributed by atoms with E-state index in [1.165, 1.54) is 61.0 Å². The molecular formula is C54H41N5. The fourth-order valence-corrected chi connectivity index (χ4v) is 9.46. The summed E-state index contributed by atoms with van der Waals surface area (Å²) in [5.74, 6) is 2.14. The van der Waals surface area contributed by atoms with Crippen LogP contribution in [0.5, 0.6) is 0 Å². The molecule has 0 N–H and O–H groups in total. The summed E-state index contributed by atoms with van der Waals surface area (Å²) < 4.78 is 2.38. The molecule has 0 amide bonds. The molecule has 0 spiro atoms. The Morgan fingerprint density at radius 2 is 1.00 bits per heavy atom. The highest BCUT2D eigenvalue weighted by Gasteiger charge is 2.50. The van der Waals surface area contributed by atoms with Crippen LogP contribution in [0.1, 0.15) is 32.3 Å². The maximum atomic E-state index is 5.00. The van der Waals surface area contributed by atoms with Gasteiger partial charge in [-0.05, 0) is 110 Å². The molecule has 5 nitrogen and oxygen atoms in total. The summed E-state index contributed by atoms with van der Waals surface area (Å²) in [7, 11) is 0. The molecule has 7 aromatic carbocycles. The first-order valence-electron chi connectivity index (χ1n) is 20.3. The van der Waals surface area contributed by atoms with Crippen molar-refractivity contribution in [1.82, 2.24) is 19.5 Å². The molecule has 2 aromatic heterocycles. The van der Waals surface area contributed by atoms with E-state index < -0.39 is 0 Å². The normalized spacial score (nSPS) is 17.1. The van der Waals surface area contributed by atoms with Crippen LogP contribution in [-0.4, -0.2) is 25.1 Å². The summed E-state index contributed by atoms with van der Waals surface area (Å²) >= 11 is 0. The lowest BCUT2D eigenvalue weighted by atomic mass is 9.73. The van der Waals surface area contributed by atoms with Crippen molar-refractivity contribution in [2.45, 2.75) is 32.2 Å². The highest BCUT2D eigenvalue weighted by molar-refractivity contribution is 6.10. The summed E-state index contributed by atoms with van der Waals surface area (Å²) in [6.45, 7) is 6.91. The Kier molecular flexibility index (Phi) is 8.05. The molecule has 11 rings (SSSR count). The molecule has 59 heavy (non-hydrogen) atoms. The molecule has 5 heteroatoms. The lowest BCUT2D eigenvalue weighted by molar-refractivity contribution is 0.507. The molecule has 1 aliphatic heterocycles. The number of para-hydroxylation sites is 2. The van der Waals surface area contributed by atoms with Gasteiger partial charge in [-0.15, -0.1) is 0 Å². The van der Waals surface area contributed by atoms with E-state index in [-0.39, 0.29) is 11.5 Å². The topological polar surface area (TPSA) is 46.8 Å². The Bertz CT molecular complexity index is 3070. The van der Waals surface area contributed by atoms with Gasteiger partial charge in [-0.25, -0.2) is 15.0 Å². The van der Waals surface area contributed by atoms with Crippen LogP contribution in [0.2, 0.25) is 0 Å². The largest absolute Gasteiger partial charge is 0.331 e. The van der Waals surface area contributed by atoms with Gasteiger partial charge in [0.05, 0.1) is 16.6 Å². The van der Waals surface area contributed by atoms with Gasteiger partial charge >= 0.3 is 0 Å². The number of hydrogen-bond donors (Lipinski definition) is 0. The second kappa shape index (κ2) is 13.6. The zero-order valence-corrected chi connectivity index (χ0v) is 33.2. The van der Waals surface area contributed by atoms with Gasteiger partial charge in [0, 0.05) is 50.4 Å². The van der Waals surface area contributed by atoms with E-state index in [9.17, 15) is 0 Å². The molecule has 0 bridgehead atoms.